The lowest BCUT2D eigenvalue weighted by Gasteiger charge is -2.11. The molecule has 0 aliphatic carbocycles. The van der Waals surface area contributed by atoms with Gasteiger partial charge in [-0.2, -0.15) is 0 Å². The average Bonchev–Trinajstić information content (AvgIpc) is 3.18. The molecule has 0 spiro atoms. The predicted octanol–water partition coefficient (Wildman–Crippen LogP) is 5.37. The Morgan fingerprint density at radius 3 is 2.29 bits per heavy atom. The molecule has 0 N–H and O–H groups in total. The number of aromatic nitrogens is 3. The first-order valence-electron chi connectivity index (χ1n) is 8.77. The number of benzene rings is 3. The summed E-state index contributed by atoms with van der Waals surface area (Å²) >= 11 is 1.56. The molecule has 0 bridgehead atoms. The van der Waals surface area contributed by atoms with Crippen molar-refractivity contribution in [1.82, 2.24) is 14.8 Å². The van der Waals surface area contributed by atoms with Crippen molar-refractivity contribution in [1.29, 1.82) is 0 Å². The van der Waals surface area contributed by atoms with Crippen molar-refractivity contribution >= 4 is 11.8 Å². The first-order chi connectivity index (χ1) is 13.7. The fourth-order valence-electron chi connectivity index (χ4n) is 2.83. The van der Waals surface area contributed by atoms with Gasteiger partial charge < -0.3 is 4.74 Å². The molecule has 0 fully saturated rings. The maximum atomic E-state index is 13.1. The van der Waals surface area contributed by atoms with Gasteiger partial charge in [-0.1, -0.05) is 54.2 Å². The molecule has 0 aliphatic heterocycles. The van der Waals surface area contributed by atoms with Crippen molar-refractivity contribution in [2.45, 2.75) is 10.9 Å². The summed E-state index contributed by atoms with van der Waals surface area (Å²) in [6.45, 7) is 0. The maximum absolute atomic E-state index is 13.1. The van der Waals surface area contributed by atoms with Crippen molar-refractivity contribution in [2.24, 2.45) is 0 Å². The highest BCUT2D eigenvalue weighted by Crippen LogP contribution is 2.30. The number of rotatable bonds is 6. The topological polar surface area (TPSA) is 39.9 Å². The second-order valence-corrected chi connectivity index (χ2v) is 7.06. The average molecular weight is 391 g/mol. The van der Waals surface area contributed by atoms with Crippen LogP contribution in [0, 0.1) is 5.82 Å². The summed E-state index contributed by atoms with van der Waals surface area (Å²) in [5.74, 6) is 2.00. The quantitative estimate of drug-likeness (QED) is 0.414. The second-order valence-electron chi connectivity index (χ2n) is 6.12. The Labute approximate surface area is 167 Å². The van der Waals surface area contributed by atoms with E-state index in [0.717, 1.165) is 33.5 Å². The zero-order chi connectivity index (χ0) is 19.3. The number of ether oxygens (including phenoxy) is 1. The zero-order valence-electron chi connectivity index (χ0n) is 15.2. The van der Waals surface area contributed by atoms with Crippen LogP contribution in [0.2, 0.25) is 0 Å². The van der Waals surface area contributed by atoms with Gasteiger partial charge in [-0.25, -0.2) is 4.39 Å². The van der Waals surface area contributed by atoms with Gasteiger partial charge in [0.25, 0.3) is 0 Å². The fourth-order valence-corrected chi connectivity index (χ4v) is 3.74. The largest absolute Gasteiger partial charge is 0.497 e. The normalized spacial score (nSPS) is 10.8. The van der Waals surface area contributed by atoms with Crippen LogP contribution in [0.1, 0.15) is 5.56 Å². The fraction of sp³-hybridized carbons (Fsp3) is 0.0909. The molecule has 0 saturated heterocycles. The number of thioether (sulfide) groups is 1. The Morgan fingerprint density at radius 2 is 1.61 bits per heavy atom. The zero-order valence-corrected chi connectivity index (χ0v) is 16.1. The lowest BCUT2D eigenvalue weighted by atomic mass is 10.2. The van der Waals surface area contributed by atoms with Gasteiger partial charge in [-0.3, -0.25) is 4.57 Å². The number of nitrogens with zero attached hydrogens (tertiary/aromatic N) is 3. The van der Waals surface area contributed by atoms with E-state index in [1.165, 1.54) is 12.1 Å². The summed E-state index contributed by atoms with van der Waals surface area (Å²) in [7, 11) is 1.65. The first-order valence-corrected chi connectivity index (χ1v) is 9.75. The van der Waals surface area contributed by atoms with Crippen molar-refractivity contribution in [3.05, 3.63) is 90.2 Å². The predicted molar refractivity (Wildman–Crippen MR) is 109 cm³/mol. The highest BCUT2D eigenvalue weighted by molar-refractivity contribution is 7.98. The van der Waals surface area contributed by atoms with E-state index in [2.05, 4.69) is 10.2 Å². The summed E-state index contributed by atoms with van der Waals surface area (Å²) in [6.07, 6.45) is 0. The molecule has 4 nitrogen and oxygen atoms in total. The molecule has 28 heavy (non-hydrogen) atoms. The molecule has 4 rings (SSSR count). The molecule has 0 saturated carbocycles. The van der Waals surface area contributed by atoms with Crippen LogP contribution in [0.4, 0.5) is 4.39 Å². The van der Waals surface area contributed by atoms with Gasteiger partial charge in [0.1, 0.15) is 11.6 Å². The van der Waals surface area contributed by atoms with E-state index in [1.807, 2.05) is 59.2 Å². The Bertz CT molecular complexity index is 1050. The number of halogens is 1. The first kappa shape index (κ1) is 18.3. The van der Waals surface area contributed by atoms with E-state index in [9.17, 15) is 4.39 Å². The summed E-state index contributed by atoms with van der Waals surface area (Å²) in [4.78, 5) is 0. The number of hydrogen-bond donors (Lipinski definition) is 0. The Hall–Kier alpha value is -3.12. The van der Waals surface area contributed by atoms with Crippen LogP contribution in [0.5, 0.6) is 5.75 Å². The lowest BCUT2D eigenvalue weighted by molar-refractivity contribution is 0.414. The van der Waals surface area contributed by atoms with Gasteiger partial charge in [-0.05, 0) is 42.0 Å². The van der Waals surface area contributed by atoms with E-state index in [-0.39, 0.29) is 5.82 Å². The van der Waals surface area contributed by atoms with E-state index in [1.54, 1.807) is 31.0 Å². The third-order valence-corrected chi connectivity index (χ3v) is 5.28. The van der Waals surface area contributed by atoms with E-state index in [4.69, 9.17) is 4.74 Å². The summed E-state index contributed by atoms with van der Waals surface area (Å²) in [5, 5.41) is 9.62. The minimum absolute atomic E-state index is 0.235. The van der Waals surface area contributed by atoms with Crippen molar-refractivity contribution < 1.29 is 9.13 Å². The van der Waals surface area contributed by atoms with Crippen LogP contribution < -0.4 is 4.74 Å². The standard InChI is InChI=1S/C22H18FN3OS/c1-27-20-13-11-19(12-14-20)26-21(17-5-3-2-4-6-17)24-25-22(26)28-15-16-7-9-18(23)10-8-16/h2-14H,15H2,1H3. The van der Waals surface area contributed by atoms with Gasteiger partial charge in [0.15, 0.2) is 11.0 Å². The maximum Gasteiger partial charge on any atom is 0.196 e. The highest BCUT2D eigenvalue weighted by atomic mass is 32.2. The third-order valence-electron chi connectivity index (χ3n) is 4.28. The summed E-state index contributed by atoms with van der Waals surface area (Å²) < 4.78 is 20.4. The Kier molecular flexibility index (Phi) is 5.39. The molecule has 0 unspecified atom stereocenters. The van der Waals surface area contributed by atoms with E-state index >= 15 is 0 Å². The van der Waals surface area contributed by atoms with Crippen molar-refractivity contribution in [3.63, 3.8) is 0 Å². The van der Waals surface area contributed by atoms with Gasteiger partial charge in [0, 0.05) is 17.0 Å². The van der Waals surface area contributed by atoms with Crippen molar-refractivity contribution in [2.75, 3.05) is 7.11 Å². The van der Waals surface area contributed by atoms with Crippen LogP contribution >= 0.6 is 11.8 Å². The van der Waals surface area contributed by atoms with Crippen LogP contribution in [0.25, 0.3) is 17.1 Å². The van der Waals surface area contributed by atoms with Gasteiger partial charge in [-0.15, -0.1) is 10.2 Å². The number of hydrogen-bond acceptors (Lipinski definition) is 4. The van der Waals surface area contributed by atoms with E-state index in [0.29, 0.717) is 5.75 Å². The second kappa shape index (κ2) is 8.27. The van der Waals surface area contributed by atoms with Gasteiger partial charge in [0.2, 0.25) is 0 Å². The minimum atomic E-state index is -0.235. The highest BCUT2D eigenvalue weighted by Gasteiger charge is 2.16. The molecule has 0 amide bonds. The Balaban J connectivity index is 1.71. The SMILES string of the molecule is COc1ccc(-n2c(SCc3ccc(F)cc3)nnc2-c2ccccc2)cc1. The molecular formula is C22H18FN3OS. The molecule has 1 heterocycles. The van der Waals surface area contributed by atoms with Crippen molar-refractivity contribution in [3.8, 4) is 22.8 Å². The summed E-state index contributed by atoms with van der Waals surface area (Å²) in [6, 6.07) is 24.3. The molecule has 0 aliphatic rings. The molecule has 4 aromatic rings. The molecule has 140 valence electrons. The molecular weight excluding hydrogens is 373 g/mol. The molecule has 0 atom stereocenters. The summed E-state index contributed by atoms with van der Waals surface area (Å²) in [5.41, 5.74) is 2.96. The molecule has 6 heteroatoms. The molecule has 1 aromatic heterocycles. The lowest BCUT2D eigenvalue weighted by Crippen LogP contribution is -2.00. The third kappa shape index (κ3) is 3.92. The van der Waals surface area contributed by atoms with Crippen LogP contribution in [0.15, 0.2) is 84.0 Å². The molecule has 3 aromatic carbocycles. The smallest absolute Gasteiger partial charge is 0.196 e. The number of methoxy groups -OCH3 is 1. The van der Waals surface area contributed by atoms with Crippen LogP contribution in [-0.4, -0.2) is 21.9 Å². The monoisotopic (exact) mass is 391 g/mol. The van der Waals surface area contributed by atoms with E-state index < -0.39 is 0 Å². The minimum Gasteiger partial charge on any atom is -0.497 e. The molecule has 0 radical (unpaired) electrons. The van der Waals surface area contributed by atoms with Gasteiger partial charge >= 0.3 is 0 Å². The van der Waals surface area contributed by atoms with Gasteiger partial charge in [0.05, 0.1) is 7.11 Å². The van der Waals surface area contributed by atoms with Crippen LogP contribution in [-0.2, 0) is 5.75 Å². The van der Waals surface area contributed by atoms with Crippen LogP contribution in [0.3, 0.4) is 0 Å². The Morgan fingerprint density at radius 1 is 0.893 bits per heavy atom.